The third kappa shape index (κ3) is 3.01. The van der Waals surface area contributed by atoms with E-state index in [2.05, 4.69) is 20.1 Å². The smallest absolute Gasteiger partial charge is 0.326 e. The van der Waals surface area contributed by atoms with Crippen LogP contribution >= 0.6 is 0 Å². The summed E-state index contributed by atoms with van der Waals surface area (Å²) in [5, 5.41) is 15.7. The Labute approximate surface area is 149 Å². The first kappa shape index (κ1) is 17.9. The molecule has 0 saturated heterocycles. The van der Waals surface area contributed by atoms with E-state index in [4.69, 9.17) is 0 Å². The summed E-state index contributed by atoms with van der Waals surface area (Å²) in [5.41, 5.74) is 0.289. The SMILES string of the molecule is CC[C@H](C)[C@H](NC(=O)c1ccc2c(c1)S(=O)(=O)Nc1ncnn1-2)C(=O)O. The molecule has 0 aliphatic carbocycles. The number of hydrogen-bond donors (Lipinski definition) is 3. The molecule has 2 aromatic rings. The normalized spacial score (nSPS) is 16.5. The highest BCUT2D eigenvalue weighted by atomic mass is 32.2. The van der Waals surface area contributed by atoms with Crippen molar-refractivity contribution in [2.45, 2.75) is 31.2 Å². The zero-order chi connectivity index (χ0) is 19.1. The topological polar surface area (TPSA) is 143 Å². The van der Waals surface area contributed by atoms with Gasteiger partial charge in [-0.05, 0) is 24.1 Å². The highest BCUT2D eigenvalue weighted by Gasteiger charge is 2.31. The maximum atomic E-state index is 12.4. The first-order chi connectivity index (χ1) is 12.2. The van der Waals surface area contributed by atoms with Gasteiger partial charge in [0.1, 0.15) is 17.3 Å². The Kier molecular flexibility index (Phi) is 4.40. The fraction of sp³-hybridized carbons (Fsp3) is 0.333. The molecule has 1 amide bonds. The number of carboxylic acids is 1. The average Bonchev–Trinajstić information content (AvgIpc) is 3.05. The number of sulfonamides is 1. The summed E-state index contributed by atoms with van der Waals surface area (Å²) in [5.74, 6) is -2.04. The van der Waals surface area contributed by atoms with Crippen molar-refractivity contribution in [3.8, 4) is 5.69 Å². The van der Waals surface area contributed by atoms with Gasteiger partial charge in [0, 0.05) is 5.56 Å². The number of rotatable bonds is 5. The van der Waals surface area contributed by atoms with Crippen LogP contribution in [0.25, 0.3) is 5.69 Å². The van der Waals surface area contributed by atoms with Gasteiger partial charge in [-0.2, -0.15) is 14.8 Å². The summed E-state index contributed by atoms with van der Waals surface area (Å²) in [6, 6.07) is 2.96. The highest BCUT2D eigenvalue weighted by Crippen LogP contribution is 2.29. The molecule has 138 valence electrons. The van der Waals surface area contributed by atoms with E-state index in [0.29, 0.717) is 6.42 Å². The number of carboxylic acid groups (broad SMARTS) is 1. The number of benzene rings is 1. The molecule has 11 heteroatoms. The van der Waals surface area contributed by atoms with Crippen molar-refractivity contribution < 1.29 is 23.1 Å². The van der Waals surface area contributed by atoms with Gasteiger partial charge >= 0.3 is 5.97 Å². The second-order valence-electron chi connectivity index (χ2n) is 5.96. The monoisotopic (exact) mass is 379 g/mol. The Bertz CT molecular complexity index is 984. The lowest BCUT2D eigenvalue weighted by molar-refractivity contribution is -0.140. The van der Waals surface area contributed by atoms with Crippen LogP contribution in [0.15, 0.2) is 29.4 Å². The highest BCUT2D eigenvalue weighted by molar-refractivity contribution is 7.93. The molecule has 0 spiro atoms. The molecule has 0 unspecified atom stereocenters. The lowest BCUT2D eigenvalue weighted by atomic mass is 9.99. The van der Waals surface area contributed by atoms with E-state index in [-0.39, 0.29) is 28.0 Å². The molecular weight excluding hydrogens is 362 g/mol. The number of nitrogens with zero attached hydrogens (tertiary/aromatic N) is 3. The van der Waals surface area contributed by atoms with Crippen LogP contribution < -0.4 is 10.0 Å². The van der Waals surface area contributed by atoms with E-state index in [1.807, 2.05) is 6.92 Å². The number of carbonyl (C=O) groups excluding carboxylic acids is 1. The number of aromatic nitrogens is 3. The molecule has 10 nitrogen and oxygen atoms in total. The molecule has 26 heavy (non-hydrogen) atoms. The third-order valence-corrected chi connectivity index (χ3v) is 5.64. The molecule has 1 aromatic carbocycles. The quantitative estimate of drug-likeness (QED) is 0.690. The van der Waals surface area contributed by atoms with Gasteiger partial charge in [0.15, 0.2) is 0 Å². The van der Waals surface area contributed by atoms with Crippen molar-refractivity contribution in [2.75, 3.05) is 4.72 Å². The number of carbonyl (C=O) groups is 2. The number of nitrogens with one attached hydrogen (secondary N) is 2. The van der Waals surface area contributed by atoms with Crippen molar-refractivity contribution in [1.29, 1.82) is 0 Å². The van der Waals surface area contributed by atoms with Crippen molar-refractivity contribution in [3.05, 3.63) is 30.1 Å². The number of amides is 1. The Morgan fingerprint density at radius 2 is 2.12 bits per heavy atom. The Morgan fingerprint density at radius 1 is 1.38 bits per heavy atom. The number of aliphatic carboxylic acids is 1. The molecule has 3 rings (SSSR count). The van der Waals surface area contributed by atoms with Crippen LogP contribution in [0.3, 0.4) is 0 Å². The number of fused-ring (bicyclic) bond motifs is 3. The van der Waals surface area contributed by atoms with Gasteiger partial charge in [-0.3, -0.25) is 4.79 Å². The molecule has 0 saturated carbocycles. The summed E-state index contributed by atoms with van der Waals surface area (Å²) in [4.78, 5) is 27.5. The zero-order valence-electron chi connectivity index (χ0n) is 14.0. The van der Waals surface area contributed by atoms with Gasteiger partial charge in [0.2, 0.25) is 5.95 Å². The van der Waals surface area contributed by atoms with Gasteiger partial charge in [0.05, 0.1) is 5.69 Å². The van der Waals surface area contributed by atoms with E-state index in [1.165, 1.54) is 29.2 Å². The minimum Gasteiger partial charge on any atom is -0.480 e. The van der Waals surface area contributed by atoms with E-state index in [1.54, 1.807) is 6.92 Å². The van der Waals surface area contributed by atoms with Crippen molar-refractivity contribution >= 4 is 27.8 Å². The molecule has 0 fully saturated rings. The number of hydrogen-bond acceptors (Lipinski definition) is 6. The van der Waals surface area contributed by atoms with Crippen LogP contribution in [-0.4, -0.2) is 46.2 Å². The fourth-order valence-corrected chi connectivity index (χ4v) is 3.82. The molecule has 1 aliphatic heterocycles. The average molecular weight is 379 g/mol. The van der Waals surface area contributed by atoms with E-state index in [9.17, 15) is 23.1 Å². The zero-order valence-corrected chi connectivity index (χ0v) is 14.8. The van der Waals surface area contributed by atoms with Crippen LogP contribution in [0.1, 0.15) is 30.6 Å². The summed E-state index contributed by atoms with van der Waals surface area (Å²) in [6.45, 7) is 3.53. The van der Waals surface area contributed by atoms with Crippen molar-refractivity contribution in [3.63, 3.8) is 0 Å². The maximum absolute atomic E-state index is 12.4. The minimum absolute atomic E-state index is 0.0345. The molecule has 2 heterocycles. The Hall–Kier alpha value is -2.95. The van der Waals surface area contributed by atoms with Crippen molar-refractivity contribution in [2.24, 2.45) is 5.92 Å². The van der Waals surface area contributed by atoms with Crippen LogP contribution in [0.5, 0.6) is 0 Å². The molecule has 1 aromatic heterocycles. The summed E-state index contributed by atoms with van der Waals surface area (Å²) < 4.78 is 28.3. The largest absolute Gasteiger partial charge is 0.480 e. The van der Waals surface area contributed by atoms with Crippen LogP contribution in [0, 0.1) is 5.92 Å². The van der Waals surface area contributed by atoms with Gasteiger partial charge in [-0.15, -0.1) is 0 Å². The van der Waals surface area contributed by atoms with Gasteiger partial charge in [0.25, 0.3) is 15.9 Å². The van der Waals surface area contributed by atoms with Crippen LogP contribution in [0.2, 0.25) is 0 Å². The van der Waals surface area contributed by atoms with E-state index < -0.39 is 27.9 Å². The molecule has 1 aliphatic rings. The second kappa shape index (κ2) is 6.41. The molecule has 0 radical (unpaired) electrons. The summed E-state index contributed by atoms with van der Waals surface area (Å²) in [6.07, 6.45) is 1.77. The first-order valence-corrected chi connectivity index (χ1v) is 9.34. The van der Waals surface area contributed by atoms with E-state index >= 15 is 0 Å². The fourth-order valence-electron chi connectivity index (χ4n) is 2.62. The molecule has 3 N–H and O–H groups in total. The predicted octanol–water partition coefficient (Wildman–Crippen LogP) is 0.611. The molecule has 0 bridgehead atoms. The van der Waals surface area contributed by atoms with Gasteiger partial charge < -0.3 is 10.4 Å². The van der Waals surface area contributed by atoms with Gasteiger partial charge in [-0.25, -0.2) is 17.9 Å². The van der Waals surface area contributed by atoms with Gasteiger partial charge in [-0.1, -0.05) is 20.3 Å². The maximum Gasteiger partial charge on any atom is 0.326 e. The predicted molar refractivity (Wildman–Crippen MR) is 90.5 cm³/mol. The standard InChI is InChI=1S/C15H17N5O5S/c1-3-8(2)12(14(22)23)18-13(21)9-4-5-10-11(6-9)26(24,25)19-15-16-7-17-20(10)15/h4-8,12H,3H2,1-2H3,(H,18,21)(H,22,23)(H,16,17,19)/t8-,12-/m0/s1. The minimum atomic E-state index is -3.92. The second-order valence-corrected chi connectivity index (χ2v) is 7.61. The lowest BCUT2D eigenvalue weighted by Crippen LogP contribution is -2.45. The Morgan fingerprint density at radius 3 is 2.77 bits per heavy atom. The van der Waals surface area contributed by atoms with Crippen LogP contribution in [0.4, 0.5) is 5.95 Å². The third-order valence-electron chi connectivity index (χ3n) is 4.28. The van der Waals surface area contributed by atoms with Crippen molar-refractivity contribution in [1.82, 2.24) is 20.1 Å². The van der Waals surface area contributed by atoms with E-state index in [0.717, 1.165) is 0 Å². The first-order valence-electron chi connectivity index (χ1n) is 7.85. The molecular formula is C15H17N5O5S. The lowest BCUT2D eigenvalue weighted by Gasteiger charge is -2.21. The number of anilines is 1. The molecule has 2 atom stereocenters. The summed E-state index contributed by atoms with van der Waals surface area (Å²) >= 11 is 0. The van der Waals surface area contributed by atoms with Crippen LogP contribution in [-0.2, 0) is 14.8 Å². The Balaban J connectivity index is 1.97. The summed E-state index contributed by atoms with van der Waals surface area (Å²) in [7, 11) is -3.92.